The van der Waals surface area contributed by atoms with E-state index >= 15 is 0 Å². The van der Waals surface area contributed by atoms with Gasteiger partial charge in [0.15, 0.2) is 0 Å². The van der Waals surface area contributed by atoms with E-state index in [-0.39, 0.29) is 17.8 Å². The van der Waals surface area contributed by atoms with Crippen LogP contribution in [0.5, 0.6) is 0 Å². The fourth-order valence-electron chi connectivity index (χ4n) is 3.18. The number of halogens is 1. The fraction of sp³-hybridized carbons (Fsp3) is 0.263. The number of aromatic nitrogens is 4. The molecular weight excluding hydrogens is 347 g/mol. The molecule has 3 heterocycles. The van der Waals surface area contributed by atoms with Crippen molar-refractivity contribution >= 4 is 11.7 Å². The van der Waals surface area contributed by atoms with Crippen LogP contribution in [0.3, 0.4) is 0 Å². The van der Waals surface area contributed by atoms with Crippen LogP contribution in [0.2, 0.25) is 0 Å². The van der Waals surface area contributed by atoms with E-state index in [0.29, 0.717) is 11.4 Å². The summed E-state index contributed by atoms with van der Waals surface area (Å²) in [7, 11) is 0. The first-order valence-electron chi connectivity index (χ1n) is 8.82. The molecule has 7 nitrogen and oxygen atoms in total. The molecule has 4 rings (SSSR count). The molecule has 138 valence electrons. The Labute approximate surface area is 155 Å². The average Bonchev–Trinajstić information content (AvgIpc) is 3.20. The number of nitrogens with zero attached hydrogens (tertiary/aromatic N) is 4. The van der Waals surface area contributed by atoms with Crippen molar-refractivity contribution in [1.82, 2.24) is 25.5 Å². The summed E-state index contributed by atoms with van der Waals surface area (Å²) in [6.45, 7) is 1.63. The third-order valence-electron chi connectivity index (χ3n) is 4.67. The molecule has 2 N–H and O–H groups in total. The second kappa shape index (κ2) is 7.53. The zero-order valence-electron chi connectivity index (χ0n) is 14.6. The summed E-state index contributed by atoms with van der Waals surface area (Å²) in [4.78, 5) is 23.1. The minimum Gasteiger partial charge on any atom is -0.355 e. The molecule has 27 heavy (non-hydrogen) atoms. The van der Waals surface area contributed by atoms with E-state index in [4.69, 9.17) is 0 Å². The first-order valence-corrected chi connectivity index (χ1v) is 8.82. The van der Waals surface area contributed by atoms with Crippen molar-refractivity contribution in [2.45, 2.75) is 18.9 Å². The van der Waals surface area contributed by atoms with Gasteiger partial charge in [0.2, 0.25) is 0 Å². The van der Waals surface area contributed by atoms with E-state index in [1.54, 1.807) is 36.8 Å². The molecule has 1 aliphatic rings. The monoisotopic (exact) mass is 366 g/mol. The van der Waals surface area contributed by atoms with Gasteiger partial charge in [-0.05, 0) is 43.2 Å². The van der Waals surface area contributed by atoms with Gasteiger partial charge in [0.05, 0.1) is 11.9 Å². The zero-order valence-corrected chi connectivity index (χ0v) is 14.6. The van der Waals surface area contributed by atoms with Gasteiger partial charge in [0, 0.05) is 37.1 Å². The van der Waals surface area contributed by atoms with Gasteiger partial charge in [-0.25, -0.2) is 9.37 Å². The van der Waals surface area contributed by atoms with Crippen molar-refractivity contribution in [2.75, 3.05) is 18.0 Å². The number of benzene rings is 1. The van der Waals surface area contributed by atoms with Crippen LogP contribution in [0.1, 0.15) is 23.3 Å². The van der Waals surface area contributed by atoms with Crippen molar-refractivity contribution < 1.29 is 9.18 Å². The zero-order chi connectivity index (χ0) is 18.6. The quantitative estimate of drug-likeness (QED) is 0.740. The third kappa shape index (κ3) is 3.94. The minimum absolute atomic E-state index is 0.1000. The molecule has 0 aliphatic carbocycles. The number of hydrogen-bond acceptors (Lipinski definition) is 5. The number of piperidine rings is 1. The van der Waals surface area contributed by atoms with Crippen LogP contribution in [-0.4, -0.2) is 45.2 Å². The summed E-state index contributed by atoms with van der Waals surface area (Å²) in [5.74, 6) is 0.369. The number of H-pyrrole nitrogens is 1. The highest BCUT2D eigenvalue weighted by Gasteiger charge is 2.22. The summed E-state index contributed by atoms with van der Waals surface area (Å²) >= 11 is 0. The van der Waals surface area contributed by atoms with Gasteiger partial charge in [0.1, 0.15) is 17.3 Å². The van der Waals surface area contributed by atoms with Gasteiger partial charge in [-0.15, -0.1) is 0 Å². The average molecular weight is 366 g/mol. The highest BCUT2D eigenvalue weighted by molar-refractivity contribution is 5.93. The molecule has 0 unspecified atom stereocenters. The topological polar surface area (TPSA) is 86.8 Å². The van der Waals surface area contributed by atoms with Gasteiger partial charge in [-0.3, -0.25) is 14.9 Å². The van der Waals surface area contributed by atoms with Crippen molar-refractivity contribution in [2.24, 2.45) is 0 Å². The van der Waals surface area contributed by atoms with E-state index < -0.39 is 0 Å². The first-order chi connectivity index (χ1) is 13.2. The maximum atomic E-state index is 13.0. The molecule has 3 aromatic rings. The molecule has 1 amide bonds. The third-order valence-corrected chi connectivity index (χ3v) is 4.67. The van der Waals surface area contributed by atoms with E-state index in [9.17, 15) is 9.18 Å². The molecule has 0 saturated carbocycles. The predicted octanol–water partition coefficient (Wildman–Crippen LogP) is 2.40. The van der Waals surface area contributed by atoms with Gasteiger partial charge in [-0.1, -0.05) is 0 Å². The lowest BCUT2D eigenvalue weighted by Crippen LogP contribution is -2.45. The van der Waals surface area contributed by atoms with Crippen LogP contribution in [0.15, 0.2) is 48.9 Å². The van der Waals surface area contributed by atoms with Gasteiger partial charge in [-0.2, -0.15) is 5.10 Å². The molecule has 1 fully saturated rings. The van der Waals surface area contributed by atoms with E-state index in [1.165, 1.54) is 12.1 Å². The maximum Gasteiger partial charge on any atom is 0.269 e. The van der Waals surface area contributed by atoms with E-state index in [0.717, 1.165) is 37.3 Å². The summed E-state index contributed by atoms with van der Waals surface area (Å²) in [6, 6.07) is 7.79. The minimum atomic E-state index is -0.305. The molecule has 2 aromatic heterocycles. The summed E-state index contributed by atoms with van der Waals surface area (Å²) in [5, 5.41) is 9.96. The van der Waals surface area contributed by atoms with Crippen LogP contribution in [0.4, 0.5) is 10.2 Å². The van der Waals surface area contributed by atoms with Crippen molar-refractivity contribution in [1.29, 1.82) is 0 Å². The molecule has 0 spiro atoms. The highest BCUT2D eigenvalue weighted by atomic mass is 19.1. The fourth-order valence-corrected chi connectivity index (χ4v) is 3.18. The largest absolute Gasteiger partial charge is 0.355 e. The van der Waals surface area contributed by atoms with Gasteiger partial charge >= 0.3 is 0 Å². The number of carbonyl (C=O) groups is 1. The summed E-state index contributed by atoms with van der Waals surface area (Å²) < 4.78 is 13.0. The molecule has 8 heteroatoms. The Bertz CT molecular complexity index is 903. The molecule has 0 bridgehead atoms. The lowest BCUT2D eigenvalue weighted by molar-refractivity contribution is 0.0926. The Kier molecular flexibility index (Phi) is 4.78. The number of aromatic amines is 1. The van der Waals surface area contributed by atoms with Gasteiger partial charge < -0.3 is 10.2 Å². The molecule has 0 radical (unpaired) electrons. The first kappa shape index (κ1) is 17.1. The molecule has 1 aromatic carbocycles. The van der Waals surface area contributed by atoms with Crippen molar-refractivity contribution in [3.05, 3.63) is 60.4 Å². The molecule has 1 aliphatic heterocycles. The van der Waals surface area contributed by atoms with Gasteiger partial charge in [0.25, 0.3) is 5.91 Å². The Morgan fingerprint density at radius 3 is 2.67 bits per heavy atom. The van der Waals surface area contributed by atoms with Crippen LogP contribution in [0, 0.1) is 5.82 Å². The Balaban J connectivity index is 1.34. The second-order valence-corrected chi connectivity index (χ2v) is 6.47. The lowest BCUT2D eigenvalue weighted by atomic mass is 10.0. The Hall–Kier alpha value is -3.29. The second-order valence-electron chi connectivity index (χ2n) is 6.47. The summed E-state index contributed by atoms with van der Waals surface area (Å²) in [6.07, 6.45) is 6.75. The number of hydrogen-bond donors (Lipinski definition) is 2. The molecule has 1 saturated heterocycles. The number of nitrogens with one attached hydrogen (secondary N) is 2. The number of carbonyl (C=O) groups excluding carboxylic acids is 1. The van der Waals surface area contributed by atoms with E-state index in [2.05, 4.69) is 30.4 Å². The van der Waals surface area contributed by atoms with Crippen LogP contribution < -0.4 is 10.2 Å². The SMILES string of the molecule is O=C(NC1CCN(c2cnccn2)CC1)c1cc(-c2ccc(F)cc2)n[nH]1. The van der Waals surface area contributed by atoms with Crippen LogP contribution in [-0.2, 0) is 0 Å². The smallest absolute Gasteiger partial charge is 0.269 e. The highest BCUT2D eigenvalue weighted by Crippen LogP contribution is 2.19. The lowest BCUT2D eigenvalue weighted by Gasteiger charge is -2.32. The predicted molar refractivity (Wildman–Crippen MR) is 98.7 cm³/mol. The molecular formula is C19H19FN6O. The maximum absolute atomic E-state index is 13.0. The Morgan fingerprint density at radius 2 is 1.96 bits per heavy atom. The Morgan fingerprint density at radius 1 is 1.19 bits per heavy atom. The van der Waals surface area contributed by atoms with Crippen molar-refractivity contribution in [3.63, 3.8) is 0 Å². The number of anilines is 1. The standard InChI is InChI=1S/C19H19FN6O/c20-14-3-1-13(2-4-14)16-11-17(25-24-16)19(27)23-15-5-9-26(10-6-15)18-12-21-7-8-22-18/h1-4,7-8,11-12,15H,5-6,9-10H2,(H,23,27)(H,24,25). The number of amides is 1. The number of rotatable bonds is 4. The van der Waals surface area contributed by atoms with E-state index in [1.807, 2.05) is 0 Å². The van der Waals surface area contributed by atoms with Crippen LogP contribution >= 0.6 is 0 Å². The molecule has 0 atom stereocenters. The normalized spacial score (nSPS) is 14.9. The van der Waals surface area contributed by atoms with Crippen molar-refractivity contribution in [3.8, 4) is 11.3 Å². The van der Waals surface area contributed by atoms with Crippen LogP contribution in [0.25, 0.3) is 11.3 Å². The summed E-state index contributed by atoms with van der Waals surface area (Å²) in [5.41, 5.74) is 1.76.